The largest absolute Gasteiger partial charge is 0.363 e. The van der Waals surface area contributed by atoms with Crippen molar-refractivity contribution >= 4 is 23.1 Å². The van der Waals surface area contributed by atoms with Gasteiger partial charge in [0, 0.05) is 38.8 Å². The molecule has 0 fully saturated rings. The molecule has 7 heteroatoms. The van der Waals surface area contributed by atoms with Crippen molar-refractivity contribution in [2.45, 2.75) is 26.9 Å². The van der Waals surface area contributed by atoms with Gasteiger partial charge in [0.25, 0.3) is 0 Å². The maximum Gasteiger partial charge on any atom is 0.191 e. The van der Waals surface area contributed by atoms with Gasteiger partial charge >= 0.3 is 0 Å². The van der Waals surface area contributed by atoms with Crippen LogP contribution in [0, 0.1) is 13.8 Å². The Morgan fingerprint density at radius 3 is 2.61 bits per heavy atom. The lowest BCUT2D eigenvalue weighted by molar-refractivity contribution is 0.802. The van der Waals surface area contributed by atoms with Crippen LogP contribution in [-0.2, 0) is 13.1 Å². The van der Waals surface area contributed by atoms with Gasteiger partial charge < -0.3 is 15.5 Å². The maximum atomic E-state index is 4.53. The summed E-state index contributed by atoms with van der Waals surface area (Å²) in [6.45, 7) is 5.50. The van der Waals surface area contributed by atoms with E-state index in [0.29, 0.717) is 13.1 Å². The van der Waals surface area contributed by atoms with Gasteiger partial charge in [0.2, 0.25) is 0 Å². The number of guanidine groups is 1. The quantitative estimate of drug-likeness (QED) is 0.648. The van der Waals surface area contributed by atoms with E-state index in [9.17, 15) is 0 Å². The van der Waals surface area contributed by atoms with E-state index < -0.39 is 0 Å². The van der Waals surface area contributed by atoms with Gasteiger partial charge in [0.1, 0.15) is 10.8 Å². The van der Waals surface area contributed by atoms with Gasteiger partial charge in [0.05, 0.1) is 12.2 Å². The van der Waals surface area contributed by atoms with Crippen molar-refractivity contribution in [3.05, 3.63) is 39.5 Å². The van der Waals surface area contributed by atoms with Crippen LogP contribution in [0.5, 0.6) is 0 Å². The van der Waals surface area contributed by atoms with Crippen molar-refractivity contribution in [3.63, 3.8) is 0 Å². The number of thiazole rings is 1. The molecule has 2 aromatic heterocycles. The lowest BCUT2D eigenvalue weighted by atomic mass is 10.2. The molecule has 0 bridgehead atoms. The summed E-state index contributed by atoms with van der Waals surface area (Å²) < 4.78 is 0. The summed E-state index contributed by atoms with van der Waals surface area (Å²) in [6, 6.07) is 4.06. The van der Waals surface area contributed by atoms with Crippen LogP contribution in [0.2, 0.25) is 0 Å². The monoisotopic (exact) mass is 332 g/mol. The summed E-state index contributed by atoms with van der Waals surface area (Å²) in [6.07, 6.45) is 1.82. The molecule has 0 aliphatic carbocycles. The first-order valence-corrected chi connectivity index (χ1v) is 8.31. The number of aromatic nitrogens is 2. The number of hydrogen-bond donors (Lipinski definition) is 2. The standard InChI is InChI=1S/C16H24N6S/c1-11-12(2)23-15(21-11)10-20-16(17-3)19-9-13-6-7-18-14(8-13)22(4)5/h6-8H,9-10H2,1-5H3,(H2,17,19,20). The minimum absolute atomic E-state index is 0.679. The van der Waals surface area contributed by atoms with Crippen molar-refractivity contribution in [2.75, 3.05) is 26.0 Å². The second-order valence-corrected chi connectivity index (χ2v) is 6.73. The van der Waals surface area contributed by atoms with Gasteiger partial charge in [-0.1, -0.05) is 0 Å². The van der Waals surface area contributed by atoms with Gasteiger partial charge in [-0.15, -0.1) is 11.3 Å². The minimum atomic E-state index is 0.679. The first kappa shape index (κ1) is 17.2. The number of nitrogens with zero attached hydrogens (tertiary/aromatic N) is 4. The average molecular weight is 332 g/mol. The zero-order valence-electron chi connectivity index (χ0n) is 14.3. The van der Waals surface area contributed by atoms with E-state index in [1.54, 1.807) is 18.4 Å². The lowest BCUT2D eigenvalue weighted by Gasteiger charge is -2.14. The van der Waals surface area contributed by atoms with Crippen LogP contribution in [-0.4, -0.2) is 37.1 Å². The summed E-state index contributed by atoms with van der Waals surface area (Å²) in [5, 5.41) is 7.68. The molecule has 2 N–H and O–H groups in total. The van der Waals surface area contributed by atoms with Crippen LogP contribution >= 0.6 is 11.3 Å². The first-order chi connectivity index (χ1) is 11.0. The van der Waals surface area contributed by atoms with Crippen LogP contribution < -0.4 is 15.5 Å². The molecule has 6 nitrogen and oxygen atoms in total. The molecule has 0 amide bonds. The van der Waals surface area contributed by atoms with Crippen molar-refractivity contribution in [3.8, 4) is 0 Å². The van der Waals surface area contributed by atoms with Gasteiger partial charge in [-0.25, -0.2) is 9.97 Å². The van der Waals surface area contributed by atoms with E-state index in [4.69, 9.17) is 0 Å². The average Bonchev–Trinajstić information content (AvgIpc) is 2.86. The minimum Gasteiger partial charge on any atom is -0.363 e. The summed E-state index contributed by atoms with van der Waals surface area (Å²) in [5.41, 5.74) is 2.26. The summed E-state index contributed by atoms with van der Waals surface area (Å²) >= 11 is 1.72. The Bertz CT molecular complexity index is 657. The van der Waals surface area contributed by atoms with Crippen LogP contribution in [0.1, 0.15) is 21.1 Å². The number of pyridine rings is 1. The van der Waals surface area contributed by atoms with Crippen LogP contribution in [0.3, 0.4) is 0 Å². The Morgan fingerprint density at radius 1 is 1.26 bits per heavy atom. The predicted octanol–water partition coefficient (Wildman–Crippen LogP) is 2.09. The molecule has 23 heavy (non-hydrogen) atoms. The smallest absolute Gasteiger partial charge is 0.191 e. The number of aryl methyl sites for hydroxylation is 2. The fourth-order valence-electron chi connectivity index (χ4n) is 2.00. The molecule has 0 unspecified atom stereocenters. The van der Waals surface area contributed by atoms with Crippen molar-refractivity contribution in [2.24, 2.45) is 4.99 Å². The van der Waals surface area contributed by atoms with E-state index in [2.05, 4.69) is 38.6 Å². The zero-order valence-corrected chi connectivity index (χ0v) is 15.2. The number of anilines is 1. The SMILES string of the molecule is CN=C(NCc1ccnc(N(C)C)c1)NCc1nc(C)c(C)s1. The second-order valence-electron chi connectivity index (χ2n) is 5.45. The number of rotatable bonds is 5. The third-order valence-electron chi connectivity index (χ3n) is 3.43. The molecule has 0 atom stereocenters. The normalized spacial score (nSPS) is 11.4. The molecule has 0 aromatic carbocycles. The Labute approximate surface area is 141 Å². The Hall–Kier alpha value is -2.15. The Morgan fingerprint density at radius 2 is 2.00 bits per heavy atom. The highest BCUT2D eigenvalue weighted by Gasteiger charge is 2.05. The van der Waals surface area contributed by atoms with Crippen LogP contribution in [0.25, 0.3) is 0 Å². The van der Waals surface area contributed by atoms with Crippen molar-refractivity contribution in [1.82, 2.24) is 20.6 Å². The molecular formula is C16H24N6S. The molecule has 0 saturated carbocycles. The molecule has 124 valence electrons. The highest BCUT2D eigenvalue weighted by atomic mass is 32.1. The lowest BCUT2D eigenvalue weighted by Crippen LogP contribution is -2.36. The van der Waals surface area contributed by atoms with Gasteiger partial charge in [-0.3, -0.25) is 4.99 Å². The van der Waals surface area contributed by atoms with E-state index in [-0.39, 0.29) is 0 Å². The maximum absolute atomic E-state index is 4.53. The predicted molar refractivity (Wildman–Crippen MR) is 97.2 cm³/mol. The number of hydrogen-bond acceptors (Lipinski definition) is 5. The Kier molecular flexibility index (Phi) is 5.92. The van der Waals surface area contributed by atoms with E-state index in [1.807, 2.05) is 38.2 Å². The number of aliphatic imine (C=N–C) groups is 1. The summed E-state index contributed by atoms with van der Waals surface area (Å²) in [5.74, 6) is 1.71. The van der Waals surface area contributed by atoms with Gasteiger partial charge in [-0.2, -0.15) is 0 Å². The number of nitrogens with one attached hydrogen (secondary N) is 2. The molecule has 0 spiro atoms. The molecule has 0 aliphatic heterocycles. The van der Waals surface area contributed by atoms with Crippen LogP contribution in [0.4, 0.5) is 5.82 Å². The fraction of sp³-hybridized carbons (Fsp3) is 0.438. The van der Waals surface area contributed by atoms with E-state index in [0.717, 1.165) is 28.0 Å². The fourth-order valence-corrected chi connectivity index (χ4v) is 2.87. The molecular weight excluding hydrogens is 308 g/mol. The van der Waals surface area contributed by atoms with E-state index in [1.165, 1.54) is 4.88 Å². The topological polar surface area (TPSA) is 65.4 Å². The molecule has 0 aliphatic rings. The summed E-state index contributed by atoms with van der Waals surface area (Å²) in [4.78, 5) is 16.3. The van der Waals surface area contributed by atoms with E-state index >= 15 is 0 Å². The molecule has 0 radical (unpaired) electrons. The Balaban J connectivity index is 1.89. The zero-order chi connectivity index (χ0) is 16.8. The molecule has 2 rings (SSSR count). The van der Waals surface area contributed by atoms with Crippen molar-refractivity contribution < 1.29 is 0 Å². The first-order valence-electron chi connectivity index (χ1n) is 7.49. The van der Waals surface area contributed by atoms with Crippen molar-refractivity contribution in [1.29, 1.82) is 0 Å². The molecule has 2 aromatic rings. The highest BCUT2D eigenvalue weighted by Crippen LogP contribution is 2.15. The molecule has 2 heterocycles. The van der Waals surface area contributed by atoms with Gasteiger partial charge in [0.15, 0.2) is 5.96 Å². The second kappa shape index (κ2) is 7.92. The third kappa shape index (κ3) is 4.92. The van der Waals surface area contributed by atoms with Gasteiger partial charge in [-0.05, 0) is 31.5 Å². The summed E-state index contributed by atoms with van der Waals surface area (Å²) in [7, 11) is 5.74. The van der Waals surface area contributed by atoms with Crippen LogP contribution in [0.15, 0.2) is 23.3 Å². The molecule has 0 saturated heterocycles. The third-order valence-corrected chi connectivity index (χ3v) is 4.50. The highest BCUT2D eigenvalue weighted by molar-refractivity contribution is 7.11.